The maximum absolute atomic E-state index is 11.6. The number of aryl methyl sites for hydroxylation is 1. The van der Waals surface area contributed by atoms with Crippen molar-refractivity contribution in [3.8, 4) is 0 Å². The van der Waals surface area contributed by atoms with Gasteiger partial charge in [0.15, 0.2) is 0 Å². The highest BCUT2D eigenvalue weighted by atomic mass is 79.9. The highest BCUT2D eigenvalue weighted by molar-refractivity contribution is 9.09. The van der Waals surface area contributed by atoms with Crippen LogP contribution in [-0.4, -0.2) is 34.7 Å². The van der Waals surface area contributed by atoms with E-state index in [0.717, 1.165) is 10.3 Å². The molecule has 0 N–H and O–H groups in total. The van der Waals surface area contributed by atoms with Gasteiger partial charge in [0.25, 0.3) is 5.91 Å². The van der Waals surface area contributed by atoms with Crippen molar-refractivity contribution in [1.82, 2.24) is 9.88 Å². The van der Waals surface area contributed by atoms with Gasteiger partial charge in [-0.05, 0) is 6.92 Å². The maximum atomic E-state index is 11.6. The van der Waals surface area contributed by atoms with Crippen LogP contribution < -0.4 is 0 Å². The van der Waals surface area contributed by atoms with Crippen LogP contribution in [0.3, 0.4) is 0 Å². The highest BCUT2D eigenvalue weighted by Gasteiger charge is 2.13. The van der Waals surface area contributed by atoms with Crippen molar-refractivity contribution >= 4 is 33.2 Å². The van der Waals surface area contributed by atoms with Crippen molar-refractivity contribution in [3.05, 3.63) is 16.1 Å². The van der Waals surface area contributed by atoms with Crippen LogP contribution in [0.15, 0.2) is 5.38 Å². The minimum Gasteiger partial charge on any atom is -0.340 e. The molecule has 0 spiro atoms. The molecule has 0 aliphatic heterocycles. The number of alkyl halides is 1. The quantitative estimate of drug-likeness (QED) is 0.780. The zero-order valence-electron chi connectivity index (χ0n) is 7.58. The van der Waals surface area contributed by atoms with E-state index in [1.54, 1.807) is 17.3 Å². The molecular formula is C8H11BrN2OS. The molecule has 3 nitrogen and oxygen atoms in total. The Labute approximate surface area is 89.9 Å². The lowest BCUT2D eigenvalue weighted by Gasteiger charge is -2.13. The van der Waals surface area contributed by atoms with E-state index in [1.807, 2.05) is 6.92 Å². The second kappa shape index (κ2) is 4.72. The fourth-order valence-electron chi connectivity index (χ4n) is 0.886. The molecule has 0 saturated carbocycles. The Bertz CT molecular complexity index is 300. The zero-order valence-corrected chi connectivity index (χ0v) is 9.98. The Kier molecular flexibility index (Phi) is 3.87. The van der Waals surface area contributed by atoms with Crippen LogP contribution in [0.5, 0.6) is 0 Å². The van der Waals surface area contributed by atoms with Gasteiger partial charge in [0.1, 0.15) is 5.69 Å². The number of rotatable bonds is 3. The molecule has 0 saturated heterocycles. The number of hydrogen-bond donors (Lipinski definition) is 0. The summed E-state index contributed by atoms with van der Waals surface area (Å²) in [5.41, 5.74) is 0.547. The minimum atomic E-state index is -0.0104. The SMILES string of the molecule is Cc1nc(C(=O)N(C)CCBr)cs1. The van der Waals surface area contributed by atoms with E-state index in [1.165, 1.54) is 11.3 Å². The number of aromatic nitrogens is 1. The van der Waals surface area contributed by atoms with Gasteiger partial charge in [-0.2, -0.15) is 0 Å². The highest BCUT2D eigenvalue weighted by Crippen LogP contribution is 2.09. The van der Waals surface area contributed by atoms with Crippen molar-refractivity contribution in [1.29, 1.82) is 0 Å². The van der Waals surface area contributed by atoms with Gasteiger partial charge in [-0.3, -0.25) is 4.79 Å². The number of carbonyl (C=O) groups excluding carboxylic acids is 1. The number of thiazole rings is 1. The van der Waals surface area contributed by atoms with Crippen molar-refractivity contribution in [2.45, 2.75) is 6.92 Å². The maximum Gasteiger partial charge on any atom is 0.273 e. The van der Waals surface area contributed by atoms with Crippen molar-refractivity contribution in [3.63, 3.8) is 0 Å². The molecule has 0 bridgehead atoms. The van der Waals surface area contributed by atoms with E-state index >= 15 is 0 Å². The van der Waals surface area contributed by atoms with Crippen LogP contribution >= 0.6 is 27.3 Å². The molecule has 1 aromatic heterocycles. The first kappa shape index (κ1) is 10.7. The monoisotopic (exact) mass is 262 g/mol. The molecule has 1 aromatic rings. The van der Waals surface area contributed by atoms with Gasteiger partial charge in [0.2, 0.25) is 0 Å². The molecule has 0 fully saturated rings. The Morgan fingerprint density at radius 1 is 1.77 bits per heavy atom. The molecule has 5 heteroatoms. The van der Waals surface area contributed by atoms with Gasteiger partial charge in [-0.25, -0.2) is 4.98 Å². The summed E-state index contributed by atoms with van der Waals surface area (Å²) in [6.45, 7) is 2.60. The van der Waals surface area contributed by atoms with E-state index in [0.29, 0.717) is 12.2 Å². The first-order valence-corrected chi connectivity index (χ1v) is 5.89. The third-order valence-corrected chi connectivity index (χ3v) is 2.73. The van der Waals surface area contributed by atoms with Crippen molar-refractivity contribution in [2.24, 2.45) is 0 Å². The van der Waals surface area contributed by atoms with Crippen LogP contribution in [0, 0.1) is 6.92 Å². The largest absolute Gasteiger partial charge is 0.340 e. The molecule has 72 valence electrons. The van der Waals surface area contributed by atoms with Gasteiger partial charge < -0.3 is 4.90 Å². The molecule has 0 atom stereocenters. The first-order valence-electron chi connectivity index (χ1n) is 3.88. The smallest absolute Gasteiger partial charge is 0.273 e. The molecule has 0 radical (unpaired) electrons. The fraction of sp³-hybridized carbons (Fsp3) is 0.500. The summed E-state index contributed by atoms with van der Waals surface area (Å²) < 4.78 is 0. The van der Waals surface area contributed by atoms with Crippen LogP contribution in [-0.2, 0) is 0 Å². The molecule has 1 heterocycles. The number of nitrogens with zero attached hydrogens (tertiary/aromatic N) is 2. The molecule has 1 rings (SSSR count). The van der Waals surface area contributed by atoms with Crippen LogP contribution in [0.2, 0.25) is 0 Å². The Morgan fingerprint density at radius 2 is 2.46 bits per heavy atom. The number of carbonyl (C=O) groups is 1. The first-order chi connectivity index (χ1) is 6.15. The predicted octanol–water partition coefficient (Wildman–Crippen LogP) is 1.92. The van der Waals surface area contributed by atoms with E-state index in [2.05, 4.69) is 20.9 Å². The number of hydrogen-bond acceptors (Lipinski definition) is 3. The second-order valence-corrected chi connectivity index (χ2v) is 4.52. The topological polar surface area (TPSA) is 33.2 Å². The Morgan fingerprint density at radius 3 is 2.92 bits per heavy atom. The molecule has 0 unspecified atom stereocenters. The molecule has 0 aliphatic rings. The summed E-state index contributed by atoms with van der Waals surface area (Å²) in [4.78, 5) is 17.4. The predicted molar refractivity (Wildman–Crippen MR) is 57.6 cm³/mol. The Hall–Kier alpha value is -0.420. The molecule has 13 heavy (non-hydrogen) atoms. The zero-order chi connectivity index (χ0) is 9.84. The van der Waals surface area contributed by atoms with Gasteiger partial charge in [0.05, 0.1) is 5.01 Å². The Balaban J connectivity index is 2.67. The summed E-state index contributed by atoms with van der Waals surface area (Å²) in [6, 6.07) is 0. The molecule has 0 aromatic carbocycles. The number of halogens is 1. The standard InChI is InChI=1S/C8H11BrN2OS/c1-6-10-7(5-13-6)8(12)11(2)4-3-9/h5H,3-4H2,1-2H3. The van der Waals surface area contributed by atoms with E-state index in [9.17, 15) is 4.79 Å². The average molecular weight is 263 g/mol. The van der Waals surface area contributed by atoms with Crippen molar-refractivity contribution < 1.29 is 4.79 Å². The fourth-order valence-corrected chi connectivity index (χ4v) is 2.00. The summed E-state index contributed by atoms with van der Waals surface area (Å²) in [6.07, 6.45) is 0. The molecule has 0 aliphatic carbocycles. The average Bonchev–Trinajstić information content (AvgIpc) is 2.51. The molecule has 1 amide bonds. The van der Waals surface area contributed by atoms with E-state index < -0.39 is 0 Å². The lowest BCUT2D eigenvalue weighted by molar-refractivity contribution is 0.0799. The van der Waals surface area contributed by atoms with Crippen LogP contribution in [0.4, 0.5) is 0 Å². The summed E-state index contributed by atoms with van der Waals surface area (Å²) in [7, 11) is 1.78. The summed E-state index contributed by atoms with van der Waals surface area (Å²) in [5.74, 6) is -0.0104. The number of amides is 1. The van der Waals surface area contributed by atoms with Crippen LogP contribution in [0.1, 0.15) is 15.5 Å². The molecular weight excluding hydrogens is 252 g/mol. The van der Waals surface area contributed by atoms with Crippen molar-refractivity contribution in [2.75, 3.05) is 18.9 Å². The van der Waals surface area contributed by atoms with Gasteiger partial charge >= 0.3 is 0 Å². The van der Waals surface area contributed by atoms with Gasteiger partial charge in [-0.1, -0.05) is 15.9 Å². The van der Waals surface area contributed by atoms with Gasteiger partial charge in [-0.15, -0.1) is 11.3 Å². The lowest BCUT2D eigenvalue weighted by Crippen LogP contribution is -2.28. The second-order valence-electron chi connectivity index (χ2n) is 2.67. The minimum absolute atomic E-state index is 0.0104. The lowest BCUT2D eigenvalue weighted by atomic mass is 10.4. The van der Waals surface area contributed by atoms with Crippen LogP contribution in [0.25, 0.3) is 0 Å². The third kappa shape index (κ3) is 2.77. The summed E-state index contributed by atoms with van der Waals surface area (Å²) in [5, 5.41) is 3.51. The van der Waals surface area contributed by atoms with Gasteiger partial charge in [0, 0.05) is 24.3 Å². The third-order valence-electron chi connectivity index (χ3n) is 1.60. The van der Waals surface area contributed by atoms with E-state index in [4.69, 9.17) is 0 Å². The normalized spacial score (nSPS) is 10.1. The van der Waals surface area contributed by atoms with E-state index in [-0.39, 0.29) is 5.91 Å². The summed E-state index contributed by atoms with van der Waals surface area (Å²) >= 11 is 4.78.